The van der Waals surface area contributed by atoms with Crippen molar-refractivity contribution < 1.29 is 19.5 Å². The van der Waals surface area contributed by atoms with Gasteiger partial charge in [-0.3, -0.25) is 14.4 Å². The zero-order valence-electron chi connectivity index (χ0n) is 14.1. The molecule has 0 aromatic heterocycles. The monoisotopic (exact) mass is 332 g/mol. The zero-order chi connectivity index (χ0) is 17.7. The molecule has 6 heteroatoms. The molecule has 6 nitrogen and oxygen atoms in total. The number of carboxylic acids is 1. The standard InChI is InChI=1S/C18H24N2O4/c1-12(2)20-11-15(9-16(20)21)17(22)19-10-14(18(23)24)8-13-6-4-3-5-7-13/h3-7,12,14-15H,8-11H2,1-2H3,(H,19,22)(H,23,24)/t14-,15+/m1/s1. The van der Waals surface area contributed by atoms with E-state index in [4.69, 9.17) is 0 Å². The van der Waals surface area contributed by atoms with Crippen LogP contribution in [0.2, 0.25) is 0 Å². The number of carbonyl (C=O) groups is 3. The summed E-state index contributed by atoms with van der Waals surface area (Å²) in [5.41, 5.74) is 0.918. The minimum Gasteiger partial charge on any atom is -0.481 e. The fourth-order valence-electron chi connectivity index (χ4n) is 2.92. The molecule has 2 N–H and O–H groups in total. The Morgan fingerprint density at radius 1 is 1.29 bits per heavy atom. The molecule has 2 amide bonds. The van der Waals surface area contributed by atoms with Crippen LogP contribution in [0, 0.1) is 11.8 Å². The largest absolute Gasteiger partial charge is 0.481 e. The first kappa shape index (κ1) is 18.0. The van der Waals surface area contributed by atoms with Crippen molar-refractivity contribution >= 4 is 17.8 Å². The van der Waals surface area contributed by atoms with Gasteiger partial charge in [0.15, 0.2) is 0 Å². The van der Waals surface area contributed by atoms with Crippen LogP contribution in [0.25, 0.3) is 0 Å². The molecule has 1 saturated heterocycles. The van der Waals surface area contributed by atoms with Gasteiger partial charge in [-0.2, -0.15) is 0 Å². The first-order chi connectivity index (χ1) is 11.4. The van der Waals surface area contributed by atoms with Gasteiger partial charge in [0.1, 0.15) is 0 Å². The van der Waals surface area contributed by atoms with Crippen molar-refractivity contribution in [3.05, 3.63) is 35.9 Å². The summed E-state index contributed by atoms with van der Waals surface area (Å²) in [7, 11) is 0. The number of carboxylic acid groups (broad SMARTS) is 1. The van der Waals surface area contributed by atoms with E-state index >= 15 is 0 Å². The van der Waals surface area contributed by atoms with Gasteiger partial charge in [-0.25, -0.2) is 0 Å². The molecule has 0 radical (unpaired) electrons. The maximum Gasteiger partial charge on any atom is 0.308 e. The quantitative estimate of drug-likeness (QED) is 0.788. The fourth-order valence-corrected chi connectivity index (χ4v) is 2.92. The molecule has 2 rings (SSSR count). The molecule has 1 fully saturated rings. The Morgan fingerprint density at radius 3 is 2.50 bits per heavy atom. The van der Waals surface area contributed by atoms with E-state index in [0.29, 0.717) is 13.0 Å². The predicted molar refractivity (Wildman–Crippen MR) is 89.2 cm³/mol. The summed E-state index contributed by atoms with van der Waals surface area (Å²) >= 11 is 0. The Morgan fingerprint density at radius 2 is 1.96 bits per heavy atom. The minimum atomic E-state index is -0.939. The summed E-state index contributed by atoms with van der Waals surface area (Å²) in [5.74, 6) is -2.29. The Labute approximate surface area is 141 Å². The number of nitrogens with one attached hydrogen (secondary N) is 1. The Balaban J connectivity index is 1.89. The zero-order valence-corrected chi connectivity index (χ0v) is 14.1. The lowest BCUT2D eigenvalue weighted by Crippen LogP contribution is -2.39. The molecule has 0 saturated carbocycles. The van der Waals surface area contributed by atoms with Crippen LogP contribution in [0.3, 0.4) is 0 Å². The van der Waals surface area contributed by atoms with Crippen molar-refractivity contribution in [3.8, 4) is 0 Å². The van der Waals surface area contributed by atoms with Crippen LogP contribution in [0.4, 0.5) is 0 Å². The average Bonchev–Trinajstić information content (AvgIpc) is 2.94. The number of benzene rings is 1. The number of carbonyl (C=O) groups excluding carboxylic acids is 2. The van der Waals surface area contributed by atoms with E-state index in [0.717, 1.165) is 5.56 Å². The highest BCUT2D eigenvalue weighted by molar-refractivity contribution is 5.89. The number of aliphatic carboxylic acids is 1. The third-order valence-corrected chi connectivity index (χ3v) is 4.35. The molecule has 0 aliphatic carbocycles. The molecule has 0 unspecified atom stereocenters. The maximum absolute atomic E-state index is 12.3. The van der Waals surface area contributed by atoms with Gasteiger partial charge in [-0.05, 0) is 25.8 Å². The second-order valence-corrected chi connectivity index (χ2v) is 6.51. The number of likely N-dealkylation sites (tertiary alicyclic amines) is 1. The molecule has 130 valence electrons. The number of rotatable bonds is 7. The summed E-state index contributed by atoms with van der Waals surface area (Å²) in [6.45, 7) is 4.30. The van der Waals surface area contributed by atoms with Crippen molar-refractivity contribution in [1.82, 2.24) is 10.2 Å². The molecule has 2 atom stereocenters. The molecular formula is C18H24N2O4. The van der Waals surface area contributed by atoms with E-state index in [-0.39, 0.29) is 30.8 Å². The smallest absolute Gasteiger partial charge is 0.308 e. The van der Waals surface area contributed by atoms with E-state index in [9.17, 15) is 19.5 Å². The van der Waals surface area contributed by atoms with E-state index in [1.165, 1.54) is 0 Å². The van der Waals surface area contributed by atoms with Gasteiger partial charge in [0.25, 0.3) is 0 Å². The van der Waals surface area contributed by atoms with Gasteiger partial charge in [0, 0.05) is 25.6 Å². The van der Waals surface area contributed by atoms with E-state index in [2.05, 4.69) is 5.32 Å². The molecule has 0 bridgehead atoms. The van der Waals surface area contributed by atoms with Crippen molar-refractivity contribution in [2.24, 2.45) is 11.8 Å². The van der Waals surface area contributed by atoms with Gasteiger partial charge in [0.2, 0.25) is 11.8 Å². The van der Waals surface area contributed by atoms with E-state index < -0.39 is 17.8 Å². The lowest BCUT2D eigenvalue weighted by Gasteiger charge is -2.21. The molecule has 1 aromatic rings. The van der Waals surface area contributed by atoms with Crippen LogP contribution in [-0.2, 0) is 20.8 Å². The molecule has 1 aliphatic heterocycles. The van der Waals surface area contributed by atoms with Gasteiger partial charge >= 0.3 is 5.97 Å². The third-order valence-electron chi connectivity index (χ3n) is 4.35. The highest BCUT2D eigenvalue weighted by Gasteiger charge is 2.35. The van der Waals surface area contributed by atoms with Gasteiger partial charge in [-0.15, -0.1) is 0 Å². The van der Waals surface area contributed by atoms with Crippen LogP contribution < -0.4 is 5.32 Å². The van der Waals surface area contributed by atoms with Gasteiger partial charge < -0.3 is 15.3 Å². The van der Waals surface area contributed by atoms with Crippen molar-refractivity contribution in [1.29, 1.82) is 0 Å². The normalized spacial score (nSPS) is 18.7. The van der Waals surface area contributed by atoms with Crippen LogP contribution in [0.1, 0.15) is 25.8 Å². The fraction of sp³-hybridized carbons (Fsp3) is 0.500. The molecular weight excluding hydrogens is 308 g/mol. The molecule has 1 aliphatic rings. The molecule has 1 aromatic carbocycles. The molecule has 24 heavy (non-hydrogen) atoms. The summed E-state index contributed by atoms with van der Waals surface area (Å²) in [6, 6.07) is 9.40. The number of nitrogens with zero attached hydrogens (tertiary/aromatic N) is 1. The highest BCUT2D eigenvalue weighted by Crippen LogP contribution is 2.20. The lowest BCUT2D eigenvalue weighted by atomic mass is 9.99. The summed E-state index contributed by atoms with van der Waals surface area (Å²) < 4.78 is 0. The summed E-state index contributed by atoms with van der Waals surface area (Å²) in [6.07, 6.45) is 0.554. The summed E-state index contributed by atoms with van der Waals surface area (Å²) in [4.78, 5) is 37.2. The number of amides is 2. The van der Waals surface area contributed by atoms with Crippen LogP contribution in [-0.4, -0.2) is 46.9 Å². The van der Waals surface area contributed by atoms with Crippen LogP contribution in [0.15, 0.2) is 30.3 Å². The number of hydrogen-bond donors (Lipinski definition) is 2. The SMILES string of the molecule is CC(C)N1C[C@@H](C(=O)NC[C@@H](Cc2ccccc2)C(=O)O)CC1=O. The molecule has 1 heterocycles. The van der Waals surface area contributed by atoms with Gasteiger partial charge in [0.05, 0.1) is 11.8 Å². The van der Waals surface area contributed by atoms with E-state index in [1.807, 2.05) is 44.2 Å². The molecule has 0 spiro atoms. The van der Waals surface area contributed by atoms with Crippen molar-refractivity contribution in [2.45, 2.75) is 32.7 Å². The Bertz CT molecular complexity index is 600. The van der Waals surface area contributed by atoms with Crippen LogP contribution >= 0.6 is 0 Å². The van der Waals surface area contributed by atoms with E-state index in [1.54, 1.807) is 4.90 Å². The topological polar surface area (TPSA) is 86.7 Å². The lowest BCUT2D eigenvalue weighted by molar-refractivity contribution is -0.141. The number of hydrogen-bond acceptors (Lipinski definition) is 3. The van der Waals surface area contributed by atoms with Crippen molar-refractivity contribution in [3.63, 3.8) is 0 Å². The Hall–Kier alpha value is -2.37. The highest BCUT2D eigenvalue weighted by atomic mass is 16.4. The minimum absolute atomic E-state index is 0.0239. The second-order valence-electron chi connectivity index (χ2n) is 6.51. The Kier molecular flexibility index (Phi) is 5.95. The average molecular weight is 332 g/mol. The first-order valence-corrected chi connectivity index (χ1v) is 8.22. The third kappa shape index (κ3) is 4.57. The predicted octanol–water partition coefficient (Wildman–Crippen LogP) is 1.30. The summed E-state index contributed by atoms with van der Waals surface area (Å²) in [5, 5.41) is 12.1. The van der Waals surface area contributed by atoms with Crippen LogP contribution in [0.5, 0.6) is 0 Å². The van der Waals surface area contributed by atoms with Gasteiger partial charge in [-0.1, -0.05) is 30.3 Å². The van der Waals surface area contributed by atoms with Crippen molar-refractivity contribution in [2.75, 3.05) is 13.1 Å². The first-order valence-electron chi connectivity index (χ1n) is 8.22. The maximum atomic E-state index is 12.3. The second kappa shape index (κ2) is 7.95.